The summed E-state index contributed by atoms with van der Waals surface area (Å²) in [6.07, 6.45) is 5.87. The van der Waals surface area contributed by atoms with Gasteiger partial charge in [-0.1, -0.05) is 54.6 Å². The predicted octanol–water partition coefficient (Wildman–Crippen LogP) is 3.77. The highest BCUT2D eigenvalue weighted by Gasteiger charge is 2.24. The van der Waals surface area contributed by atoms with Gasteiger partial charge in [0.05, 0.1) is 5.69 Å². The molecule has 1 aliphatic rings. The van der Waals surface area contributed by atoms with Crippen LogP contribution >= 0.6 is 15.9 Å². The second-order valence-corrected chi connectivity index (χ2v) is 7.56. The third-order valence-electron chi connectivity index (χ3n) is 4.45. The van der Waals surface area contributed by atoms with Gasteiger partial charge in [0.15, 0.2) is 0 Å². The van der Waals surface area contributed by atoms with E-state index in [1.807, 2.05) is 55.5 Å². The average Bonchev–Trinajstić information content (AvgIpc) is 2.69. The fourth-order valence-electron chi connectivity index (χ4n) is 2.89. The Morgan fingerprint density at radius 1 is 1.18 bits per heavy atom. The van der Waals surface area contributed by atoms with Gasteiger partial charge in [-0.15, -0.1) is 0 Å². The predicted molar refractivity (Wildman–Crippen MR) is 115 cm³/mol. The van der Waals surface area contributed by atoms with E-state index in [-0.39, 0.29) is 17.9 Å². The monoisotopic (exact) mass is 439 g/mol. The van der Waals surface area contributed by atoms with Crippen LogP contribution in [0.15, 0.2) is 76.8 Å². The Morgan fingerprint density at radius 2 is 1.93 bits per heavy atom. The van der Waals surface area contributed by atoms with Crippen LogP contribution in [0, 0.1) is 6.92 Å². The van der Waals surface area contributed by atoms with Gasteiger partial charge < -0.3 is 16.4 Å². The van der Waals surface area contributed by atoms with E-state index >= 15 is 0 Å². The molecule has 2 atom stereocenters. The van der Waals surface area contributed by atoms with E-state index in [9.17, 15) is 9.59 Å². The minimum Gasteiger partial charge on any atom is -0.336 e. The van der Waals surface area contributed by atoms with Crippen LogP contribution in [0.2, 0.25) is 0 Å². The normalized spacial score (nSPS) is 16.8. The number of nitrogens with two attached hydrogens (primary N) is 1. The Balaban J connectivity index is 1.82. The molecule has 2 aromatic carbocycles. The van der Waals surface area contributed by atoms with Gasteiger partial charge in [0.25, 0.3) is 11.8 Å². The smallest absolute Gasteiger partial charge is 0.251 e. The molecule has 4 N–H and O–H groups in total. The fraction of sp³-hybridized carbons (Fsp3) is 0.182. The molecule has 28 heavy (non-hydrogen) atoms. The number of hydrogen-bond donors (Lipinski definition) is 3. The van der Waals surface area contributed by atoms with Gasteiger partial charge in [0.2, 0.25) is 0 Å². The molecular weight excluding hydrogens is 418 g/mol. The topological polar surface area (TPSA) is 84.2 Å². The van der Waals surface area contributed by atoms with Gasteiger partial charge in [0, 0.05) is 16.1 Å². The molecule has 6 heteroatoms. The first kappa shape index (κ1) is 20.0. The number of carbonyl (C=O) groups is 2. The fourth-order valence-corrected chi connectivity index (χ4v) is 3.48. The van der Waals surface area contributed by atoms with Crippen molar-refractivity contribution < 1.29 is 9.59 Å². The van der Waals surface area contributed by atoms with Gasteiger partial charge >= 0.3 is 0 Å². The van der Waals surface area contributed by atoms with Crippen molar-refractivity contribution in [2.24, 2.45) is 5.73 Å². The van der Waals surface area contributed by atoms with Crippen molar-refractivity contribution in [1.82, 2.24) is 5.32 Å². The summed E-state index contributed by atoms with van der Waals surface area (Å²) in [4.78, 5) is 25.7. The van der Waals surface area contributed by atoms with E-state index in [1.165, 1.54) is 0 Å². The molecular formula is C22H22BrN3O2. The van der Waals surface area contributed by atoms with E-state index in [0.29, 0.717) is 23.2 Å². The highest BCUT2D eigenvalue weighted by Crippen LogP contribution is 2.25. The minimum atomic E-state index is -0.827. The molecule has 2 unspecified atom stereocenters. The van der Waals surface area contributed by atoms with Crippen LogP contribution < -0.4 is 16.4 Å². The number of anilines is 1. The Bertz CT molecular complexity index is 938. The van der Waals surface area contributed by atoms with E-state index < -0.39 is 6.04 Å². The van der Waals surface area contributed by atoms with Crippen LogP contribution in [0.25, 0.3) is 0 Å². The van der Waals surface area contributed by atoms with Crippen molar-refractivity contribution in [3.8, 4) is 0 Å². The zero-order chi connectivity index (χ0) is 20.1. The molecule has 0 aliphatic heterocycles. The molecule has 0 bridgehead atoms. The standard InChI is InChI=1S/C22H22BrN3O2/c1-14-7-12-19(18(23)13-14)25-22(28)20(15-5-3-2-4-6-15)26-21(27)16-8-10-17(24)11-9-16/h2-10,12-13,17,20H,11,24H2,1H3,(H,25,28)(H,26,27). The Labute approximate surface area is 172 Å². The number of benzene rings is 2. The van der Waals surface area contributed by atoms with Gasteiger partial charge in [-0.2, -0.15) is 0 Å². The van der Waals surface area contributed by atoms with Crippen molar-refractivity contribution >= 4 is 33.4 Å². The molecule has 0 aromatic heterocycles. The summed E-state index contributed by atoms with van der Waals surface area (Å²) in [5, 5.41) is 5.74. The molecule has 5 nitrogen and oxygen atoms in total. The van der Waals surface area contributed by atoms with Crippen molar-refractivity contribution in [1.29, 1.82) is 0 Å². The molecule has 0 spiro atoms. The zero-order valence-electron chi connectivity index (χ0n) is 15.5. The molecule has 0 fully saturated rings. The molecule has 0 saturated carbocycles. The first-order valence-corrected chi connectivity index (χ1v) is 9.80. The molecule has 144 valence electrons. The second-order valence-electron chi connectivity index (χ2n) is 6.71. The number of rotatable bonds is 5. The quantitative estimate of drug-likeness (QED) is 0.662. The molecule has 0 heterocycles. The molecule has 2 amide bonds. The van der Waals surface area contributed by atoms with Crippen LogP contribution in [0.1, 0.15) is 23.6 Å². The summed E-state index contributed by atoms with van der Waals surface area (Å²) >= 11 is 3.47. The average molecular weight is 440 g/mol. The first-order chi connectivity index (χ1) is 13.4. The lowest BCUT2D eigenvalue weighted by atomic mass is 10.0. The Morgan fingerprint density at radius 3 is 2.57 bits per heavy atom. The Hall–Kier alpha value is -2.70. The lowest BCUT2D eigenvalue weighted by Crippen LogP contribution is -2.38. The first-order valence-electron chi connectivity index (χ1n) is 9.01. The van der Waals surface area contributed by atoms with E-state index in [1.54, 1.807) is 18.2 Å². The van der Waals surface area contributed by atoms with Crippen LogP contribution in [0.3, 0.4) is 0 Å². The summed E-state index contributed by atoms with van der Waals surface area (Å²) < 4.78 is 0.783. The summed E-state index contributed by atoms with van der Waals surface area (Å²) in [7, 11) is 0. The van der Waals surface area contributed by atoms with E-state index in [4.69, 9.17) is 5.73 Å². The van der Waals surface area contributed by atoms with E-state index in [0.717, 1.165) is 10.0 Å². The number of nitrogens with one attached hydrogen (secondary N) is 2. The SMILES string of the molecule is Cc1ccc(NC(=O)C(NC(=O)C2=CCC(N)C=C2)c2ccccc2)c(Br)c1. The summed E-state index contributed by atoms with van der Waals surface area (Å²) in [6.45, 7) is 1.97. The maximum atomic E-state index is 13.0. The van der Waals surface area contributed by atoms with Crippen molar-refractivity contribution in [2.45, 2.75) is 25.4 Å². The van der Waals surface area contributed by atoms with Crippen LogP contribution in [0.4, 0.5) is 5.69 Å². The molecule has 2 aromatic rings. The van der Waals surface area contributed by atoms with Gasteiger partial charge in [-0.25, -0.2) is 0 Å². The highest BCUT2D eigenvalue weighted by molar-refractivity contribution is 9.10. The molecule has 3 rings (SSSR count). The lowest BCUT2D eigenvalue weighted by molar-refractivity contribution is -0.124. The minimum absolute atomic E-state index is 0.0799. The van der Waals surface area contributed by atoms with Gasteiger partial charge in [0.1, 0.15) is 6.04 Å². The van der Waals surface area contributed by atoms with Crippen molar-refractivity contribution in [2.75, 3.05) is 5.32 Å². The van der Waals surface area contributed by atoms with Crippen LogP contribution in [-0.2, 0) is 9.59 Å². The zero-order valence-corrected chi connectivity index (χ0v) is 17.1. The number of aryl methyl sites for hydroxylation is 1. The second kappa shape index (κ2) is 8.99. The van der Waals surface area contributed by atoms with Crippen LogP contribution in [0.5, 0.6) is 0 Å². The van der Waals surface area contributed by atoms with Crippen LogP contribution in [-0.4, -0.2) is 17.9 Å². The molecule has 0 radical (unpaired) electrons. The maximum absolute atomic E-state index is 13.0. The van der Waals surface area contributed by atoms with Crippen molar-refractivity contribution in [3.63, 3.8) is 0 Å². The number of halogens is 1. The maximum Gasteiger partial charge on any atom is 0.251 e. The highest BCUT2D eigenvalue weighted by atomic mass is 79.9. The Kier molecular flexibility index (Phi) is 6.44. The summed E-state index contributed by atoms with van der Waals surface area (Å²) in [5.41, 5.74) is 8.75. The number of amides is 2. The third-order valence-corrected chi connectivity index (χ3v) is 5.10. The number of carbonyl (C=O) groups excluding carboxylic acids is 2. The molecule has 1 aliphatic carbocycles. The third kappa shape index (κ3) is 4.97. The number of hydrogen-bond acceptors (Lipinski definition) is 3. The molecule has 0 saturated heterocycles. The van der Waals surface area contributed by atoms with Gasteiger partial charge in [-0.3, -0.25) is 9.59 Å². The van der Waals surface area contributed by atoms with Gasteiger partial charge in [-0.05, 0) is 52.5 Å². The summed E-state index contributed by atoms with van der Waals surface area (Å²) in [5.74, 6) is -0.628. The van der Waals surface area contributed by atoms with Crippen molar-refractivity contribution in [3.05, 3.63) is 87.9 Å². The van der Waals surface area contributed by atoms with E-state index in [2.05, 4.69) is 26.6 Å². The lowest BCUT2D eigenvalue weighted by Gasteiger charge is -2.21. The summed E-state index contributed by atoms with van der Waals surface area (Å²) in [6, 6.07) is 13.9. The largest absolute Gasteiger partial charge is 0.336 e.